The van der Waals surface area contributed by atoms with Crippen LogP contribution in [0.2, 0.25) is 5.02 Å². The molecule has 0 unspecified atom stereocenters. The Morgan fingerprint density at radius 1 is 0.583 bits per heavy atom. The van der Waals surface area contributed by atoms with E-state index in [1.54, 1.807) is 0 Å². The van der Waals surface area contributed by atoms with E-state index in [2.05, 4.69) is 72.8 Å². The van der Waals surface area contributed by atoms with Crippen molar-refractivity contribution >= 4 is 22.4 Å². The van der Waals surface area contributed by atoms with Crippen molar-refractivity contribution in [3.63, 3.8) is 0 Å². The van der Waals surface area contributed by atoms with Crippen LogP contribution in [0.1, 0.15) is 11.1 Å². The zero-order valence-electron chi connectivity index (χ0n) is 13.1. The van der Waals surface area contributed by atoms with E-state index in [-0.39, 0.29) is 0 Å². The second kappa shape index (κ2) is 5.22. The van der Waals surface area contributed by atoms with Crippen LogP contribution in [0.5, 0.6) is 0 Å². The van der Waals surface area contributed by atoms with Crippen LogP contribution < -0.4 is 0 Å². The summed E-state index contributed by atoms with van der Waals surface area (Å²) in [6, 6.07) is 28.2. The van der Waals surface area contributed by atoms with Crippen LogP contribution >= 0.6 is 11.6 Å². The minimum absolute atomic E-state index is 0.816. The molecule has 0 spiro atoms. The van der Waals surface area contributed by atoms with Gasteiger partial charge in [0.05, 0.1) is 0 Å². The second-order valence-corrected chi connectivity index (χ2v) is 6.85. The van der Waals surface area contributed by atoms with Gasteiger partial charge in [0.25, 0.3) is 0 Å². The van der Waals surface area contributed by atoms with Gasteiger partial charge in [-0.1, -0.05) is 72.3 Å². The maximum atomic E-state index is 6.15. The lowest BCUT2D eigenvalue weighted by atomic mass is 9.97. The van der Waals surface area contributed by atoms with Crippen molar-refractivity contribution in [3.05, 3.63) is 95.0 Å². The molecule has 0 radical (unpaired) electrons. The summed E-state index contributed by atoms with van der Waals surface area (Å²) >= 11 is 6.15. The van der Waals surface area contributed by atoms with E-state index < -0.39 is 0 Å². The number of benzene rings is 4. The summed E-state index contributed by atoms with van der Waals surface area (Å²) < 4.78 is 0. The molecule has 0 saturated heterocycles. The molecule has 24 heavy (non-hydrogen) atoms. The summed E-state index contributed by atoms with van der Waals surface area (Å²) in [7, 11) is 0. The molecule has 0 aliphatic heterocycles. The highest BCUT2D eigenvalue weighted by atomic mass is 35.5. The van der Waals surface area contributed by atoms with E-state index in [0.717, 1.165) is 11.4 Å². The summed E-state index contributed by atoms with van der Waals surface area (Å²) in [4.78, 5) is 0. The van der Waals surface area contributed by atoms with E-state index in [1.165, 1.54) is 44.2 Å². The highest BCUT2D eigenvalue weighted by Crippen LogP contribution is 2.39. The van der Waals surface area contributed by atoms with Crippen LogP contribution in [0.25, 0.3) is 33.0 Å². The van der Waals surface area contributed by atoms with Crippen molar-refractivity contribution in [1.29, 1.82) is 0 Å². The Kier molecular flexibility index (Phi) is 3.01. The molecule has 5 rings (SSSR count). The molecule has 0 aromatic heterocycles. The van der Waals surface area contributed by atoms with Crippen molar-refractivity contribution in [2.24, 2.45) is 0 Å². The molecular weight excluding hydrogens is 312 g/mol. The molecule has 0 saturated carbocycles. The Bertz CT molecular complexity index is 1090. The predicted octanol–water partition coefficient (Wildman–Crippen LogP) is 6.73. The van der Waals surface area contributed by atoms with Crippen LogP contribution in [0.4, 0.5) is 0 Å². The molecule has 1 aliphatic carbocycles. The van der Waals surface area contributed by atoms with Crippen molar-refractivity contribution < 1.29 is 0 Å². The van der Waals surface area contributed by atoms with E-state index in [9.17, 15) is 0 Å². The lowest BCUT2D eigenvalue weighted by molar-refractivity contribution is 1.26. The smallest absolute Gasteiger partial charge is 0.0409 e. The monoisotopic (exact) mass is 326 g/mol. The molecule has 0 fully saturated rings. The standard InChI is InChI=1S/C23H15Cl/c24-21-8-10-23-20(14-21)13-19-12-18(7-9-22(19)23)17-6-5-15-3-1-2-4-16(15)11-17/h1-12,14H,13H2. The lowest BCUT2D eigenvalue weighted by Crippen LogP contribution is -1.84. The first kappa shape index (κ1) is 13.8. The van der Waals surface area contributed by atoms with Crippen LogP contribution in [0.3, 0.4) is 0 Å². The fraction of sp³-hybridized carbons (Fsp3) is 0.0435. The average Bonchev–Trinajstić information content (AvgIpc) is 2.97. The molecule has 1 heteroatoms. The van der Waals surface area contributed by atoms with Gasteiger partial charge in [-0.05, 0) is 68.8 Å². The zero-order valence-corrected chi connectivity index (χ0v) is 13.8. The molecule has 0 heterocycles. The van der Waals surface area contributed by atoms with Gasteiger partial charge in [-0.2, -0.15) is 0 Å². The van der Waals surface area contributed by atoms with Gasteiger partial charge < -0.3 is 0 Å². The summed E-state index contributed by atoms with van der Waals surface area (Å²) in [5.74, 6) is 0. The number of rotatable bonds is 1. The maximum absolute atomic E-state index is 6.15. The summed E-state index contributed by atoms with van der Waals surface area (Å²) in [5.41, 5.74) is 7.92. The maximum Gasteiger partial charge on any atom is 0.0409 e. The predicted molar refractivity (Wildman–Crippen MR) is 103 cm³/mol. The van der Waals surface area contributed by atoms with Gasteiger partial charge in [0.1, 0.15) is 0 Å². The summed E-state index contributed by atoms with van der Waals surface area (Å²) in [6.07, 6.45) is 0.965. The van der Waals surface area contributed by atoms with E-state index in [1.807, 2.05) is 6.07 Å². The van der Waals surface area contributed by atoms with Gasteiger partial charge in [-0.3, -0.25) is 0 Å². The first-order valence-corrected chi connectivity index (χ1v) is 8.57. The minimum atomic E-state index is 0.816. The van der Waals surface area contributed by atoms with E-state index >= 15 is 0 Å². The topological polar surface area (TPSA) is 0 Å². The van der Waals surface area contributed by atoms with Gasteiger partial charge in [0, 0.05) is 5.02 Å². The Morgan fingerprint density at radius 3 is 2.12 bits per heavy atom. The van der Waals surface area contributed by atoms with Crippen LogP contribution in [0.15, 0.2) is 78.9 Å². The number of hydrogen-bond donors (Lipinski definition) is 0. The molecule has 1 aliphatic rings. The molecule has 4 aromatic rings. The largest absolute Gasteiger partial charge is 0.0843 e. The van der Waals surface area contributed by atoms with Crippen molar-refractivity contribution in [2.45, 2.75) is 6.42 Å². The van der Waals surface area contributed by atoms with E-state index in [4.69, 9.17) is 11.6 Å². The highest BCUT2D eigenvalue weighted by molar-refractivity contribution is 6.30. The number of hydrogen-bond acceptors (Lipinski definition) is 0. The quantitative estimate of drug-likeness (QED) is 0.320. The zero-order chi connectivity index (χ0) is 16.1. The Hall–Kier alpha value is -2.57. The fourth-order valence-electron chi connectivity index (χ4n) is 3.73. The van der Waals surface area contributed by atoms with Crippen molar-refractivity contribution in [2.75, 3.05) is 0 Å². The second-order valence-electron chi connectivity index (χ2n) is 6.41. The average molecular weight is 327 g/mol. The first-order valence-electron chi connectivity index (χ1n) is 8.19. The molecule has 0 amide bonds. The molecule has 0 nitrogen and oxygen atoms in total. The Morgan fingerprint density at radius 2 is 1.25 bits per heavy atom. The van der Waals surface area contributed by atoms with Gasteiger partial charge in [-0.25, -0.2) is 0 Å². The Labute approximate surface area is 146 Å². The highest BCUT2D eigenvalue weighted by Gasteiger charge is 2.19. The molecule has 0 N–H and O–H groups in total. The van der Waals surface area contributed by atoms with Crippen molar-refractivity contribution in [1.82, 2.24) is 0 Å². The van der Waals surface area contributed by atoms with Crippen molar-refractivity contribution in [3.8, 4) is 22.3 Å². The van der Waals surface area contributed by atoms with E-state index in [0.29, 0.717) is 0 Å². The van der Waals surface area contributed by atoms with Crippen LogP contribution in [0, 0.1) is 0 Å². The van der Waals surface area contributed by atoms with Gasteiger partial charge >= 0.3 is 0 Å². The molecular formula is C23H15Cl. The number of fused-ring (bicyclic) bond motifs is 4. The number of halogens is 1. The normalized spacial score (nSPS) is 12.2. The van der Waals surface area contributed by atoms with Crippen LogP contribution in [-0.2, 0) is 6.42 Å². The first-order chi connectivity index (χ1) is 11.8. The molecule has 0 bridgehead atoms. The molecule has 114 valence electrons. The molecule has 4 aromatic carbocycles. The third-order valence-corrected chi connectivity index (χ3v) is 5.16. The lowest BCUT2D eigenvalue weighted by Gasteiger charge is -2.07. The fourth-order valence-corrected chi connectivity index (χ4v) is 3.92. The Balaban J connectivity index is 1.61. The third-order valence-electron chi connectivity index (χ3n) is 4.93. The summed E-state index contributed by atoms with van der Waals surface area (Å²) in [5, 5.41) is 3.38. The SMILES string of the molecule is Clc1ccc2c(c1)Cc1cc(-c3ccc4ccccc4c3)ccc1-2. The minimum Gasteiger partial charge on any atom is -0.0843 e. The van der Waals surface area contributed by atoms with Gasteiger partial charge in [0.2, 0.25) is 0 Å². The summed E-state index contributed by atoms with van der Waals surface area (Å²) in [6.45, 7) is 0. The van der Waals surface area contributed by atoms with Crippen LogP contribution in [-0.4, -0.2) is 0 Å². The van der Waals surface area contributed by atoms with Gasteiger partial charge in [-0.15, -0.1) is 0 Å². The van der Waals surface area contributed by atoms with Gasteiger partial charge in [0.15, 0.2) is 0 Å². The molecule has 0 atom stereocenters. The third kappa shape index (κ3) is 2.15.